The number of halogens is 1. The maximum Gasteiger partial charge on any atom is 0.0476 e. The van der Waals surface area contributed by atoms with Crippen molar-refractivity contribution in [2.45, 2.75) is 31.7 Å². The van der Waals surface area contributed by atoms with Crippen LogP contribution in [0.25, 0.3) is 0 Å². The number of alkyl halides is 1. The van der Waals surface area contributed by atoms with E-state index in [9.17, 15) is 0 Å². The van der Waals surface area contributed by atoms with Crippen molar-refractivity contribution in [2.75, 3.05) is 32.1 Å². The molecule has 1 aromatic carbocycles. The van der Waals surface area contributed by atoms with Crippen LogP contribution in [0.15, 0.2) is 18.2 Å². The lowest BCUT2D eigenvalue weighted by molar-refractivity contribution is 0.372. The van der Waals surface area contributed by atoms with Gasteiger partial charge in [-0.05, 0) is 57.1 Å². The van der Waals surface area contributed by atoms with Crippen molar-refractivity contribution in [3.05, 3.63) is 29.3 Å². The summed E-state index contributed by atoms with van der Waals surface area (Å²) in [5.74, 6) is 0.604. The number of likely N-dealkylation sites (N-methyl/N-ethyl adjacent to an activating group) is 1. The van der Waals surface area contributed by atoms with Crippen LogP contribution in [0.1, 0.15) is 24.0 Å². The molecule has 0 aromatic heterocycles. The van der Waals surface area contributed by atoms with E-state index in [1.165, 1.54) is 36.2 Å². The molecule has 100 valence electrons. The highest BCUT2D eigenvalue weighted by Gasteiger charge is 2.25. The number of hydrogen-bond acceptors (Lipinski definition) is 2. The number of hydrogen-bond donors (Lipinski definition) is 0. The second-order valence-corrected chi connectivity index (χ2v) is 5.76. The van der Waals surface area contributed by atoms with Gasteiger partial charge >= 0.3 is 0 Å². The minimum atomic E-state index is 0.604. The largest absolute Gasteiger partial charge is 0.367 e. The highest BCUT2D eigenvalue weighted by Crippen LogP contribution is 2.28. The van der Waals surface area contributed by atoms with Gasteiger partial charge in [0.15, 0.2) is 0 Å². The van der Waals surface area contributed by atoms with E-state index in [0.29, 0.717) is 11.9 Å². The Labute approximate surface area is 116 Å². The van der Waals surface area contributed by atoms with Crippen LogP contribution in [-0.2, 0) is 5.88 Å². The Bertz CT molecular complexity index is 403. The van der Waals surface area contributed by atoms with Gasteiger partial charge in [0.1, 0.15) is 0 Å². The molecule has 0 aliphatic carbocycles. The Balaban J connectivity index is 2.17. The van der Waals surface area contributed by atoms with E-state index < -0.39 is 0 Å². The fourth-order valence-electron chi connectivity index (χ4n) is 2.80. The summed E-state index contributed by atoms with van der Waals surface area (Å²) in [4.78, 5) is 4.83. The summed E-state index contributed by atoms with van der Waals surface area (Å²) in [6.07, 6.45) is 2.60. The van der Waals surface area contributed by atoms with Crippen LogP contribution in [-0.4, -0.2) is 38.1 Å². The highest BCUT2D eigenvalue weighted by atomic mass is 35.5. The molecule has 2 rings (SSSR count). The maximum atomic E-state index is 5.92. The van der Waals surface area contributed by atoms with Gasteiger partial charge in [0.2, 0.25) is 0 Å². The van der Waals surface area contributed by atoms with Gasteiger partial charge in [-0.15, -0.1) is 11.6 Å². The Kier molecular flexibility index (Phi) is 4.52. The van der Waals surface area contributed by atoms with Gasteiger partial charge < -0.3 is 9.80 Å². The molecule has 1 aliphatic heterocycles. The average molecular weight is 267 g/mol. The number of anilines is 1. The number of nitrogens with zero attached hydrogens (tertiary/aromatic N) is 2. The molecule has 0 amide bonds. The fraction of sp³-hybridized carbons (Fsp3) is 0.600. The van der Waals surface area contributed by atoms with E-state index in [1.54, 1.807) is 0 Å². The predicted octanol–water partition coefficient (Wildman–Crippen LogP) is 3.26. The predicted molar refractivity (Wildman–Crippen MR) is 79.7 cm³/mol. The molecule has 1 unspecified atom stereocenters. The summed E-state index contributed by atoms with van der Waals surface area (Å²) in [6, 6.07) is 7.33. The summed E-state index contributed by atoms with van der Waals surface area (Å²) in [5, 5.41) is 0. The van der Waals surface area contributed by atoms with Crippen LogP contribution < -0.4 is 4.90 Å². The lowest BCUT2D eigenvalue weighted by Crippen LogP contribution is -2.37. The van der Waals surface area contributed by atoms with E-state index in [2.05, 4.69) is 49.0 Å². The second kappa shape index (κ2) is 5.94. The maximum absolute atomic E-state index is 5.92. The first-order chi connectivity index (χ1) is 8.61. The number of rotatable bonds is 4. The van der Waals surface area contributed by atoms with Crippen molar-refractivity contribution in [3.8, 4) is 0 Å². The normalized spacial score (nSPS) is 19.8. The van der Waals surface area contributed by atoms with E-state index in [-0.39, 0.29) is 0 Å². The third-order valence-corrected chi connectivity index (χ3v) is 4.04. The average Bonchev–Trinajstić information content (AvgIpc) is 2.76. The molecular formula is C15H23ClN2. The second-order valence-electron chi connectivity index (χ2n) is 5.50. The minimum Gasteiger partial charge on any atom is -0.367 e. The third kappa shape index (κ3) is 2.99. The Hall–Kier alpha value is -0.730. The Morgan fingerprint density at radius 2 is 2.17 bits per heavy atom. The number of benzene rings is 1. The molecule has 1 aromatic rings. The molecule has 1 fully saturated rings. The van der Waals surface area contributed by atoms with E-state index in [1.807, 2.05) is 0 Å². The van der Waals surface area contributed by atoms with Crippen LogP contribution in [0.4, 0.5) is 5.69 Å². The molecule has 3 heteroatoms. The molecule has 2 nitrogen and oxygen atoms in total. The van der Waals surface area contributed by atoms with Crippen LogP contribution in [0.2, 0.25) is 0 Å². The third-order valence-electron chi connectivity index (χ3n) is 3.75. The van der Waals surface area contributed by atoms with Crippen molar-refractivity contribution in [3.63, 3.8) is 0 Å². The van der Waals surface area contributed by atoms with E-state index >= 15 is 0 Å². The van der Waals surface area contributed by atoms with Crippen molar-refractivity contribution in [2.24, 2.45) is 0 Å². The quantitative estimate of drug-likeness (QED) is 0.772. The van der Waals surface area contributed by atoms with Crippen LogP contribution in [0.3, 0.4) is 0 Å². The first kappa shape index (κ1) is 13.7. The standard InChI is InChI=1S/C15H23ClN2/c1-12-9-14(7-6-13(12)10-16)18-8-4-5-15(18)11-17(2)3/h6-7,9,15H,4-5,8,10-11H2,1-3H3. The molecule has 0 radical (unpaired) electrons. The van der Waals surface area contributed by atoms with Crippen molar-refractivity contribution in [1.29, 1.82) is 0 Å². The zero-order valence-electron chi connectivity index (χ0n) is 11.6. The smallest absolute Gasteiger partial charge is 0.0476 e. The molecule has 1 atom stereocenters. The molecule has 1 aliphatic rings. The van der Waals surface area contributed by atoms with Crippen molar-refractivity contribution < 1.29 is 0 Å². The molecule has 1 saturated heterocycles. The van der Waals surface area contributed by atoms with Gasteiger partial charge in [0, 0.05) is 30.7 Å². The monoisotopic (exact) mass is 266 g/mol. The lowest BCUT2D eigenvalue weighted by Gasteiger charge is -2.29. The molecule has 0 saturated carbocycles. The highest BCUT2D eigenvalue weighted by molar-refractivity contribution is 6.17. The van der Waals surface area contributed by atoms with Gasteiger partial charge in [0.25, 0.3) is 0 Å². The van der Waals surface area contributed by atoms with Gasteiger partial charge in [-0.1, -0.05) is 6.07 Å². The minimum absolute atomic E-state index is 0.604. The molecule has 0 N–H and O–H groups in total. The topological polar surface area (TPSA) is 6.48 Å². The van der Waals surface area contributed by atoms with Crippen molar-refractivity contribution in [1.82, 2.24) is 4.90 Å². The number of aryl methyl sites for hydroxylation is 1. The lowest BCUT2D eigenvalue weighted by atomic mass is 10.1. The molecule has 0 spiro atoms. The first-order valence-electron chi connectivity index (χ1n) is 6.68. The molecule has 1 heterocycles. The van der Waals surface area contributed by atoms with Crippen molar-refractivity contribution >= 4 is 17.3 Å². The summed E-state index contributed by atoms with van der Waals surface area (Å²) in [5.41, 5.74) is 3.90. The van der Waals surface area contributed by atoms with Gasteiger partial charge in [-0.3, -0.25) is 0 Å². The zero-order valence-corrected chi connectivity index (χ0v) is 12.4. The van der Waals surface area contributed by atoms with Gasteiger partial charge in [-0.25, -0.2) is 0 Å². The Morgan fingerprint density at radius 3 is 2.78 bits per heavy atom. The van der Waals surface area contributed by atoms with Crippen LogP contribution >= 0.6 is 11.6 Å². The summed E-state index contributed by atoms with van der Waals surface area (Å²) >= 11 is 5.92. The summed E-state index contributed by atoms with van der Waals surface area (Å²) in [7, 11) is 4.30. The van der Waals surface area contributed by atoms with Gasteiger partial charge in [-0.2, -0.15) is 0 Å². The Morgan fingerprint density at radius 1 is 1.39 bits per heavy atom. The molecular weight excluding hydrogens is 244 g/mol. The van der Waals surface area contributed by atoms with E-state index in [4.69, 9.17) is 11.6 Å². The van der Waals surface area contributed by atoms with Crippen LogP contribution in [0.5, 0.6) is 0 Å². The van der Waals surface area contributed by atoms with Crippen LogP contribution in [0, 0.1) is 6.92 Å². The summed E-state index contributed by atoms with van der Waals surface area (Å²) in [6.45, 7) is 4.46. The summed E-state index contributed by atoms with van der Waals surface area (Å²) < 4.78 is 0. The van der Waals surface area contributed by atoms with Gasteiger partial charge in [0.05, 0.1) is 0 Å². The first-order valence-corrected chi connectivity index (χ1v) is 7.22. The fourth-order valence-corrected chi connectivity index (χ4v) is 3.10. The molecule has 0 bridgehead atoms. The van der Waals surface area contributed by atoms with E-state index in [0.717, 1.165) is 6.54 Å². The zero-order chi connectivity index (χ0) is 13.1. The molecule has 18 heavy (non-hydrogen) atoms. The SMILES string of the molecule is Cc1cc(N2CCCC2CN(C)C)ccc1CCl.